The number of methoxy groups -OCH3 is 1. The molecule has 0 radical (unpaired) electrons. The zero-order valence-corrected chi connectivity index (χ0v) is 21.2. The number of anilines is 1. The van der Waals surface area contributed by atoms with E-state index >= 15 is 0 Å². The molecule has 0 fully saturated rings. The molecule has 0 aliphatic heterocycles. The number of nitrogens with one attached hydrogen (secondary N) is 2. The lowest BCUT2D eigenvalue weighted by atomic mass is 10.1. The van der Waals surface area contributed by atoms with Crippen LogP contribution in [-0.4, -0.2) is 34.6 Å². The fourth-order valence-electron chi connectivity index (χ4n) is 3.29. The highest BCUT2D eigenvalue weighted by Crippen LogP contribution is 2.29. The van der Waals surface area contributed by atoms with Crippen LogP contribution in [0.25, 0.3) is 0 Å². The molecule has 1 amide bonds. The Labute approximate surface area is 210 Å². The van der Waals surface area contributed by atoms with Gasteiger partial charge in [0.15, 0.2) is 6.61 Å². The fourth-order valence-corrected chi connectivity index (χ4v) is 4.68. The number of amides is 1. The zero-order valence-electron chi connectivity index (χ0n) is 19.6. The molecule has 0 saturated heterocycles. The van der Waals surface area contributed by atoms with E-state index in [1.807, 2.05) is 38.1 Å². The number of hydrogen-bond acceptors (Lipinski definition) is 6. The van der Waals surface area contributed by atoms with Crippen molar-refractivity contribution in [1.29, 1.82) is 0 Å². The molecular formula is C25H27ClN2O6S. The van der Waals surface area contributed by atoms with Crippen molar-refractivity contribution in [2.24, 2.45) is 0 Å². The van der Waals surface area contributed by atoms with E-state index in [1.165, 1.54) is 18.2 Å². The minimum absolute atomic E-state index is 0.0435. The van der Waals surface area contributed by atoms with Crippen LogP contribution >= 0.6 is 11.6 Å². The highest BCUT2D eigenvalue weighted by atomic mass is 35.5. The molecular weight excluding hydrogens is 492 g/mol. The van der Waals surface area contributed by atoms with Gasteiger partial charge in [0.25, 0.3) is 15.9 Å². The van der Waals surface area contributed by atoms with Crippen LogP contribution in [0.15, 0.2) is 71.6 Å². The Balaban J connectivity index is 1.60. The summed E-state index contributed by atoms with van der Waals surface area (Å²) in [5.74, 6) is 1.13. The third kappa shape index (κ3) is 7.03. The van der Waals surface area contributed by atoms with Gasteiger partial charge in [-0.05, 0) is 62.4 Å². The van der Waals surface area contributed by atoms with Crippen LogP contribution < -0.4 is 24.2 Å². The molecule has 0 unspecified atom stereocenters. The van der Waals surface area contributed by atoms with Crippen LogP contribution in [0.2, 0.25) is 5.02 Å². The van der Waals surface area contributed by atoms with Crippen molar-refractivity contribution < 1.29 is 27.4 Å². The summed E-state index contributed by atoms with van der Waals surface area (Å²) in [6, 6.07) is 17.7. The van der Waals surface area contributed by atoms with Crippen molar-refractivity contribution in [1.82, 2.24) is 5.32 Å². The Morgan fingerprint density at radius 2 is 1.71 bits per heavy atom. The zero-order chi connectivity index (χ0) is 25.4. The van der Waals surface area contributed by atoms with E-state index in [0.717, 1.165) is 5.56 Å². The van der Waals surface area contributed by atoms with Crippen LogP contribution in [0.1, 0.15) is 25.5 Å². The van der Waals surface area contributed by atoms with E-state index in [1.54, 1.807) is 31.4 Å². The molecule has 0 bridgehead atoms. The first-order valence-electron chi connectivity index (χ1n) is 10.8. The van der Waals surface area contributed by atoms with Crippen LogP contribution in [0.5, 0.6) is 17.2 Å². The molecule has 186 valence electrons. The van der Waals surface area contributed by atoms with E-state index in [4.69, 9.17) is 25.8 Å². The third-order valence-electron chi connectivity index (χ3n) is 4.97. The van der Waals surface area contributed by atoms with E-state index in [0.29, 0.717) is 23.8 Å². The van der Waals surface area contributed by atoms with Crippen molar-refractivity contribution in [3.8, 4) is 17.2 Å². The normalized spacial score (nSPS) is 11.9. The molecule has 0 spiro atoms. The monoisotopic (exact) mass is 518 g/mol. The van der Waals surface area contributed by atoms with Gasteiger partial charge in [-0.25, -0.2) is 8.42 Å². The molecule has 0 aromatic heterocycles. The van der Waals surface area contributed by atoms with E-state index in [9.17, 15) is 13.2 Å². The Hall–Kier alpha value is -3.43. The highest BCUT2D eigenvalue weighted by molar-refractivity contribution is 7.92. The van der Waals surface area contributed by atoms with Gasteiger partial charge < -0.3 is 19.5 Å². The summed E-state index contributed by atoms with van der Waals surface area (Å²) < 4.78 is 44.1. The number of benzene rings is 3. The Morgan fingerprint density at radius 3 is 2.37 bits per heavy atom. The summed E-state index contributed by atoms with van der Waals surface area (Å²) in [4.78, 5) is 12.3. The lowest BCUT2D eigenvalue weighted by Gasteiger charge is -2.17. The van der Waals surface area contributed by atoms with E-state index < -0.39 is 10.0 Å². The predicted molar refractivity (Wildman–Crippen MR) is 135 cm³/mol. The minimum Gasteiger partial charge on any atom is -0.496 e. The van der Waals surface area contributed by atoms with Crippen molar-refractivity contribution in [2.75, 3.05) is 25.0 Å². The second-order valence-corrected chi connectivity index (χ2v) is 9.56. The van der Waals surface area contributed by atoms with Gasteiger partial charge in [0.1, 0.15) is 17.2 Å². The van der Waals surface area contributed by atoms with Gasteiger partial charge in [0.05, 0.1) is 29.7 Å². The maximum Gasteiger partial charge on any atom is 0.261 e. The summed E-state index contributed by atoms with van der Waals surface area (Å²) in [5, 5.41) is 2.89. The van der Waals surface area contributed by atoms with Crippen molar-refractivity contribution in [3.63, 3.8) is 0 Å². The molecule has 0 heterocycles. The predicted octanol–water partition coefficient (Wildman–Crippen LogP) is 4.80. The number of carbonyl (C=O) groups is 1. The van der Waals surface area contributed by atoms with Gasteiger partial charge in [-0.2, -0.15) is 0 Å². The second-order valence-electron chi connectivity index (χ2n) is 7.47. The molecule has 2 N–H and O–H groups in total. The average Bonchev–Trinajstić information content (AvgIpc) is 2.84. The number of ether oxygens (including phenoxy) is 3. The number of halogens is 1. The first-order valence-corrected chi connectivity index (χ1v) is 12.7. The van der Waals surface area contributed by atoms with E-state index in [2.05, 4.69) is 10.0 Å². The fraction of sp³-hybridized carbons (Fsp3) is 0.240. The lowest BCUT2D eigenvalue weighted by molar-refractivity contribution is -0.123. The molecule has 35 heavy (non-hydrogen) atoms. The maximum atomic E-state index is 12.7. The first kappa shape index (κ1) is 26.2. The molecule has 3 aromatic carbocycles. The van der Waals surface area contributed by atoms with Crippen molar-refractivity contribution >= 4 is 33.2 Å². The topological polar surface area (TPSA) is 103 Å². The Bertz CT molecular complexity index is 1270. The van der Waals surface area contributed by atoms with Gasteiger partial charge in [0, 0.05) is 11.3 Å². The Kier molecular flexibility index (Phi) is 8.84. The van der Waals surface area contributed by atoms with E-state index in [-0.39, 0.29) is 34.2 Å². The minimum atomic E-state index is -3.88. The Morgan fingerprint density at radius 1 is 1.00 bits per heavy atom. The molecule has 8 nitrogen and oxygen atoms in total. The molecule has 0 aliphatic carbocycles. The van der Waals surface area contributed by atoms with Gasteiger partial charge in [-0.3, -0.25) is 9.52 Å². The number of carbonyl (C=O) groups excluding carboxylic acids is 1. The maximum absolute atomic E-state index is 12.7. The lowest BCUT2D eigenvalue weighted by Crippen LogP contribution is -2.31. The third-order valence-corrected chi connectivity index (χ3v) is 6.65. The molecule has 3 aromatic rings. The van der Waals surface area contributed by atoms with Gasteiger partial charge >= 0.3 is 0 Å². The van der Waals surface area contributed by atoms with Crippen LogP contribution in [0, 0.1) is 0 Å². The molecule has 0 saturated carbocycles. The van der Waals surface area contributed by atoms with Gasteiger partial charge in [0.2, 0.25) is 0 Å². The summed E-state index contributed by atoms with van der Waals surface area (Å²) >= 11 is 6.24. The van der Waals surface area contributed by atoms with Crippen molar-refractivity contribution in [2.45, 2.75) is 24.8 Å². The van der Waals surface area contributed by atoms with Crippen LogP contribution in [-0.2, 0) is 14.8 Å². The largest absolute Gasteiger partial charge is 0.496 e. The van der Waals surface area contributed by atoms with Crippen molar-refractivity contribution in [3.05, 3.63) is 77.3 Å². The second kappa shape index (κ2) is 11.8. The molecule has 0 aliphatic rings. The highest BCUT2D eigenvalue weighted by Gasteiger charge is 2.18. The van der Waals surface area contributed by atoms with Crippen LogP contribution in [0.3, 0.4) is 0 Å². The van der Waals surface area contributed by atoms with Gasteiger partial charge in [-0.15, -0.1) is 0 Å². The molecule has 1 atom stereocenters. The standard InChI is InChI=1S/C25H27ClN2O6S/c1-4-33-19-11-9-18(10-12-19)28-35(30,31)20-13-14-24(22(26)15-20)34-16-25(29)27-17(2)21-7-5-6-8-23(21)32-3/h5-15,17,28H,4,16H2,1-3H3,(H,27,29)/t17-/m1/s1. The SMILES string of the molecule is CCOc1ccc(NS(=O)(=O)c2ccc(OCC(=O)N[C@H](C)c3ccccc3OC)c(Cl)c2)cc1. The molecule has 3 rings (SSSR count). The molecule has 10 heteroatoms. The summed E-state index contributed by atoms with van der Waals surface area (Å²) in [6.45, 7) is 3.92. The average molecular weight is 519 g/mol. The number of para-hydroxylation sites is 1. The summed E-state index contributed by atoms with van der Waals surface area (Å²) in [6.07, 6.45) is 0. The number of sulfonamides is 1. The summed E-state index contributed by atoms with van der Waals surface area (Å²) in [7, 11) is -2.32. The number of hydrogen-bond donors (Lipinski definition) is 2. The van der Waals surface area contributed by atoms with Gasteiger partial charge in [-0.1, -0.05) is 29.8 Å². The van der Waals surface area contributed by atoms with Crippen LogP contribution in [0.4, 0.5) is 5.69 Å². The summed E-state index contributed by atoms with van der Waals surface area (Å²) in [5.41, 5.74) is 1.21. The smallest absolute Gasteiger partial charge is 0.261 e. The first-order chi connectivity index (χ1) is 16.7. The quantitative estimate of drug-likeness (QED) is 0.378. The number of rotatable bonds is 11.